The van der Waals surface area contributed by atoms with Gasteiger partial charge < -0.3 is 15.9 Å². The quantitative estimate of drug-likeness (QED) is 0.505. The average molecular weight is 403 g/mol. The highest BCUT2D eigenvalue weighted by molar-refractivity contribution is 14.1. The number of benzene rings is 1. The lowest BCUT2D eigenvalue weighted by Crippen LogP contribution is -2.31. The van der Waals surface area contributed by atoms with E-state index in [4.69, 9.17) is 5.73 Å². The van der Waals surface area contributed by atoms with Gasteiger partial charge in [0, 0.05) is 6.42 Å². The maximum atomic E-state index is 10.6. The molecule has 0 saturated heterocycles. The smallest absolute Gasteiger partial charge is 0.142 e. The lowest BCUT2D eigenvalue weighted by molar-refractivity contribution is -0.00342. The molecule has 1 saturated carbocycles. The third-order valence-electron chi connectivity index (χ3n) is 4.51. The molecule has 0 bridgehead atoms. The number of aryl methyl sites for hydroxylation is 1. The van der Waals surface area contributed by atoms with E-state index in [2.05, 4.69) is 28.7 Å². The Labute approximate surface area is 141 Å². The van der Waals surface area contributed by atoms with Crippen molar-refractivity contribution >= 4 is 22.6 Å². The Kier molecular flexibility index (Phi) is 6.05. The van der Waals surface area contributed by atoms with Crippen LogP contribution in [0, 0.1) is 0 Å². The molecule has 1 fully saturated rings. The van der Waals surface area contributed by atoms with Gasteiger partial charge in [-0.3, -0.25) is 0 Å². The molecule has 1 aliphatic carbocycles. The summed E-state index contributed by atoms with van der Waals surface area (Å²) < 4.78 is -0.899. The van der Waals surface area contributed by atoms with E-state index in [1.165, 1.54) is 12.0 Å². The van der Waals surface area contributed by atoms with E-state index in [-0.39, 0.29) is 0 Å². The summed E-state index contributed by atoms with van der Waals surface area (Å²) in [6.07, 6.45) is 7.60. The highest BCUT2D eigenvalue weighted by Gasteiger charge is 2.29. The molecule has 4 heteroatoms. The molecule has 0 aromatic heterocycles. The number of alkyl halides is 1. The van der Waals surface area contributed by atoms with Crippen molar-refractivity contribution in [2.45, 2.75) is 60.6 Å². The molecule has 3 nitrogen and oxygen atoms in total. The van der Waals surface area contributed by atoms with E-state index < -0.39 is 9.21 Å². The summed E-state index contributed by atoms with van der Waals surface area (Å²) in [7, 11) is 0. The number of rotatable bonds is 6. The monoisotopic (exact) mass is 403 g/mol. The highest BCUT2D eigenvalue weighted by atomic mass is 127. The van der Waals surface area contributed by atoms with Gasteiger partial charge in [0.25, 0.3) is 0 Å². The van der Waals surface area contributed by atoms with E-state index >= 15 is 0 Å². The fraction of sp³-hybridized carbons (Fsp3) is 0.647. The van der Waals surface area contributed by atoms with Crippen molar-refractivity contribution < 1.29 is 10.2 Å². The van der Waals surface area contributed by atoms with Crippen molar-refractivity contribution in [3.63, 3.8) is 0 Å². The Bertz CT molecular complexity index is 456. The summed E-state index contributed by atoms with van der Waals surface area (Å²) >= 11 is 2.06. The van der Waals surface area contributed by atoms with Crippen LogP contribution in [0.3, 0.4) is 0 Å². The normalized spacial score (nSPS) is 21.0. The molecule has 0 heterocycles. The van der Waals surface area contributed by atoms with Gasteiger partial charge in [0.15, 0.2) is 0 Å². The minimum atomic E-state index is -0.899. The lowest BCUT2D eigenvalue weighted by atomic mass is 9.81. The molecule has 2 rings (SSSR count). The van der Waals surface area contributed by atoms with Gasteiger partial charge >= 0.3 is 0 Å². The van der Waals surface area contributed by atoms with Gasteiger partial charge in [-0.05, 0) is 65.9 Å². The molecule has 1 aliphatic rings. The van der Waals surface area contributed by atoms with Crippen molar-refractivity contribution in [1.29, 1.82) is 0 Å². The van der Waals surface area contributed by atoms with Gasteiger partial charge in [0.2, 0.25) is 0 Å². The van der Waals surface area contributed by atoms with Crippen LogP contribution in [0.15, 0.2) is 24.3 Å². The minimum absolute atomic E-state index is 0.462. The van der Waals surface area contributed by atoms with Crippen LogP contribution in [-0.2, 0) is 10.0 Å². The predicted molar refractivity (Wildman–Crippen MR) is 94.4 cm³/mol. The van der Waals surface area contributed by atoms with Crippen LogP contribution in [-0.4, -0.2) is 22.4 Å². The SMILES string of the molecule is NCCC(O)(I)c1cccc(CCC2(O)CCCCC2)c1. The second-order valence-electron chi connectivity index (χ2n) is 6.28. The van der Waals surface area contributed by atoms with Gasteiger partial charge in [-0.2, -0.15) is 0 Å². The second-order valence-corrected chi connectivity index (χ2v) is 8.07. The van der Waals surface area contributed by atoms with Crippen LogP contribution < -0.4 is 5.73 Å². The van der Waals surface area contributed by atoms with E-state index in [9.17, 15) is 10.2 Å². The third kappa shape index (κ3) is 4.91. The average Bonchev–Trinajstić information content (AvgIpc) is 2.46. The van der Waals surface area contributed by atoms with E-state index in [0.29, 0.717) is 13.0 Å². The molecule has 1 aromatic carbocycles. The Morgan fingerprint density at radius 1 is 1.24 bits per heavy atom. The third-order valence-corrected chi connectivity index (χ3v) is 5.67. The zero-order valence-electron chi connectivity index (χ0n) is 12.5. The molecule has 21 heavy (non-hydrogen) atoms. The Morgan fingerprint density at radius 2 is 1.95 bits per heavy atom. The van der Waals surface area contributed by atoms with Crippen LogP contribution in [0.5, 0.6) is 0 Å². The molecule has 1 unspecified atom stereocenters. The van der Waals surface area contributed by atoms with Crippen molar-refractivity contribution in [2.24, 2.45) is 5.73 Å². The Hall–Kier alpha value is -0.170. The zero-order valence-corrected chi connectivity index (χ0v) is 14.7. The molecular weight excluding hydrogens is 377 g/mol. The Balaban J connectivity index is 2.01. The summed E-state index contributed by atoms with van der Waals surface area (Å²) in [5.74, 6) is 0. The summed E-state index contributed by atoms with van der Waals surface area (Å²) in [5, 5.41) is 21.0. The first kappa shape index (κ1) is 17.2. The summed E-state index contributed by atoms with van der Waals surface area (Å²) in [4.78, 5) is 0. The molecule has 118 valence electrons. The Morgan fingerprint density at radius 3 is 2.62 bits per heavy atom. The molecule has 0 amide bonds. The van der Waals surface area contributed by atoms with E-state index in [1.807, 2.05) is 18.2 Å². The number of nitrogens with two attached hydrogens (primary N) is 1. The molecular formula is C17H26INO2. The fourth-order valence-corrected chi connectivity index (χ4v) is 3.78. The van der Waals surface area contributed by atoms with Crippen LogP contribution in [0.4, 0.5) is 0 Å². The van der Waals surface area contributed by atoms with Gasteiger partial charge in [-0.1, -0.05) is 43.5 Å². The maximum absolute atomic E-state index is 10.6. The summed E-state index contributed by atoms with van der Waals surface area (Å²) in [6.45, 7) is 0.462. The van der Waals surface area contributed by atoms with Gasteiger partial charge in [-0.25, -0.2) is 0 Å². The number of hydrogen-bond donors (Lipinski definition) is 3. The first-order valence-corrected chi connectivity index (χ1v) is 8.96. The van der Waals surface area contributed by atoms with Crippen LogP contribution in [0.25, 0.3) is 0 Å². The van der Waals surface area contributed by atoms with E-state index in [1.54, 1.807) is 0 Å². The number of aliphatic hydroxyl groups is 2. The zero-order chi connectivity index (χ0) is 15.3. The van der Waals surface area contributed by atoms with Crippen molar-refractivity contribution in [3.05, 3.63) is 35.4 Å². The fourth-order valence-electron chi connectivity index (χ4n) is 3.14. The van der Waals surface area contributed by atoms with Crippen LogP contribution in [0.1, 0.15) is 56.1 Å². The number of hydrogen-bond acceptors (Lipinski definition) is 3. The second kappa shape index (κ2) is 7.40. The van der Waals surface area contributed by atoms with Gasteiger partial charge in [0.05, 0.1) is 5.60 Å². The molecule has 1 aromatic rings. The first-order chi connectivity index (χ1) is 9.95. The molecule has 0 radical (unpaired) electrons. The van der Waals surface area contributed by atoms with Gasteiger partial charge in [-0.15, -0.1) is 0 Å². The standard InChI is InChI=1S/C17H26INO2/c18-17(21,11-12-19)15-6-4-5-14(13-15)7-10-16(20)8-2-1-3-9-16/h4-6,13,20-21H,1-3,7-12,19H2. The van der Waals surface area contributed by atoms with Crippen molar-refractivity contribution in [1.82, 2.24) is 0 Å². The first-order valence-electron chi connectivity index (χ1n) is 7.88. The minimum Gasteiger partial charge on any atom is -0.390 e. The summed E-state index contributed by atoms with van der Waals surface area (Å²) in [6, 6.07) is 8.05. The van der Waals surface area contributed by atoms with Crippen molar-refractivity contribution in [3.8, 4) is 0 Å². The molecule has 0 spiro atoms. The lowest BCUT2D eigenvalue weighted by Gasteiger charge is -2.32. The largest absolute Gasteiger partial charge is 0.390 e. The summed E-state index contributed by atoms with van der Waals surface area (Å²) in [5.41, 5.74) is 7.17. The predicted octanol–water partition coefficient (Wildman–Crippen LogP) is 3.24. The number of halogens is 1. The van der Waals surface area contributed by atoms with Crippen LogP contribution >= 0.6 is 22.6 Å². The molecule has 4 N–H and O–H groups in total. The van der Waals surface area contributed by atoms with E-state index in [0.717, 1.165) is 44.1 Å². The topological polar surface area (TPSA) is 66.5 Å². The molecule has 1 atom stereocenters. The maximum Gasteiger partial charge on any atom is 0.142 e. The highest BCUT2D eigenvalue weighted by Crippen LogP contribution is 2.34. The van der Waals surface area contributed by atoms with Crippen molar-refractivity contribution in [2.75, 3.05) is 6.54 Å². The van der Waals surface area contributed by atoms with Gasteiger partial charge in [0.1, 0.15) is 3.61 Å². The molecule has 0 aliphatic heterocycles. The van der Waals surface area contributed by atoms with Crippen LogP contribution in [0.2, 0.25) is 0 Å².